The number of carbonyl (C=O) groups excluding carboxylic acids is 1. The van der Waals surface area contributed by atoms with E-state index >= 15 is 0 Å². The van der Waals surface area contributed by atoms with Crippen molar-refractivity contribution in [2.45, 2.75) is 58.4 Å². The number of amides is 1. The minimum absolute atomic E-state index is 0.108. The fourth-order valence-electron chi connectivity index (χ4n) is 4.46. The molecule has 1 aromatic rings. The largest absolute Gasteiger partial charge is 0.337 e. The average molecular weight is 389 g/mol. The SMILES string of the molecule is CCN(CCN1CCCCCC1)C(=O)c1c(C)ccn(C2CCNCC2)c1=O. The number of likely N-dealkylation sites (N-methyl/N-ethyl adjacent to an activating group) is 1. The van der Waals surface area contributed by atoms with Gasteiger partial charge in [-0.1, -0.05) is 12.8 Å². The van der Waals surface area contributed by atoms with Crippen molar-refractivity contribution in [1.82, 2.24) is 19.7 Å². The summed E-state index contributed by atoms with van der Waals surface area (Å²) >= 11 is 0. The Bertz CT molecular complexity index is 701. The number of carbonyl (C=O) groups is 1. The lowest BCUT2D eigenvalue weighted by Crippen LogP contribution is -2.43. The lowest BCUT2D eigenvalue weighted by molar-refractivity contribution is 0.0741. The molecular weight excluding hydrogens is 352 g/mol. The Kier molecular flexibility index (Phi) is 7.68. The first kappa shape index (κ1) is 21.1. The third kappa shape index (κ3) is 5.03. The van der Waals surface area contributed by atoms with Crippen molar-refractivity contribution < 1.29 is 4.79 Å². The lowest BCUT2D eigenvalue weighted by Gasteiger charge is -2.28. The predicted molar refractivity (Wildman–Crippen MR) is 113 cm³/mol. The van der Waals surface area contributed by atoms with Gasteiger partial charge in [0.1, 0.15) is 5.56 Å². The molecule has 0 spiro atoms. The van der Waals surface area contributed by atoms with Crippen molar-refractivity contribution in [3.63, 3.8) is 0 Å². The highest BCUT2D eigenvalue weighted by Crippen LogP contribution is 2.18. The minimum atomic E-state index is -0.120. The van der Waals surface area contributed by atoms with Gasteiger partial charge in [-0.2, -0.15) is 0 Å². The molecule has 28 heavy (non-hydrogen) atoms. The van der Waals surface area contributed by atoms with Gasteiger partial charge in [-0.05, 0) is 77.3 Å². The number of pyridine rings is 1. The molecule has 0 aliphatic carbocycles. The van der Waals surface area contributed by atoms with Gasteiger partial charge in [0.2, 0.25) is 0 Å². The first-order valence-corrected chi connectivity index (χ1v) is 11.1. The van der Waals surface area contributed by atoms with Crippen LogP contribution in [-0.4, -0.2) is 66.1 Å². The zero-order valence-electron chi connectivity index (χ0n) is 17.6. The highest BCUT2D eigenvalue weighted by atomic mass is 16.2. The van der Waals surface area contributed by atoms with E-state index in [2.05, 4.69) is 10.2 Å². The summed E-state index contributed by atoms with van der Waals surface area (Å²) in [7, 11) is 0. The molecule has 2 aliphatic heterocycles. The number of likely N-dealkylation sites (tertiary alicyclic amines) is 1. The van der Waals surface area contributed by atoms with Crippen LogP contribution in [0.15, 0.2) is 17.1 Å². The Hall–Kier alpha value is -1.66. The summed E-state index contributed by atoms with van der Waals surface area (Å²) in [4.78, 5) is 30.8. The van der Waals surface area contributed by atoms with Gasteiger partial charge in [0.25, 0.3) is 11.5 Å². The Balaban J connectivity index is 1.74. The normalized spacial score (nSPS) is 19.4. The Morgan fingerprint density at radius 3 is 2.50 bits per heavy atom. The van der Waals surface area contributed by atoms with Crippen LogP contribution in [0.1, 0.15) is 67.4 Å². The molecule has 2 fully saturated rings. The third-order valence-electron chi connectivity index (χ3n) is 6.30. The van der Waals surface area contributed by atoms with Gasteiger partial charge in [0.15, 0.2) is 0 Å². The Morgan fingerprint density at radius 2 is 1.86 bits per heavy atom. The molecule has 0 aromatic carbocycles. The molecule has 0 unspecified atom stereocenters. The lowest BCUT2D eigenvalue weighted by atomic mass is 10.0. The van der Waals surface area contributed by atoms with Crippen LogP contribution >= 0.6 is 0 Å². The first-order chi connectivity index (χ1) is 13.6. The van der Waals surface area contributed by atoms with Crippen LogP contribution in [0.5, 0.6) is 0 Å². The van der Waals surface area contributed by atoms with E-state index in [-0.39, 0.29) is 17.5 Å². The summed E-state index contributed by atoms with van der Waals surface area (Å²) in [6.07, 6.45) is 8.86. The van der Waals surface area contributed by atoms with E-state index in [9.17, 15) is 9.59 Å². The topological polar surface area (TPSA) is 57.6 Å². The molecular formula is C22H36N4O2. The van der Waals surface area contributed by atoms with E-state index in [1.165, 1.54) is 25.7 Å². The van der Waals surface area contributed by atoms with Crippen molar-refractivity contribution >= 4 is 5.91 Å². The number of aromatic nitrogens is 1. The fourth-order valence-corrected chi connectivity index (χ4v) is 4.46. The molecule has 0 atom stereocenters. The zero-order chi connectivity index (χ0) is 19.9. The number of piperidine rings is 1. The maximum Gasteiger partial charge on any atom is 0.263 e. The van der Waals surface area contributed by atoms with Crippen molar-refractivity contribution in [2.24, 2.45) is 0 Å². The first-order valence-electron chi connectivity index (χ1n) is 11.1. The summed E-state index contributed by atoms with van der Waals surface area (Å²) in [5.74, 6) is -0.108. The van der Waals surface area contributed by atoms with Gasteiger partial charge in [0, 0.05) is 31.9 Å². The molecule has 1 N–H and O–H groups in total. The number of hydrogen-bond acceptors (Lipinski definition) is 4. The van der Waals surface area contributed by atoms with E-state index in [0.717, 1.165) is 51.1 Å². The second-order valence-corrected chi connectivity index (χ2v) is 8.21. The van der Waals surface area contributed by atoms with Gasteiger partial charge < -0.3 is 19.7 Å². The van der Waals surface area contributed by atoms with Crippen LogP contribution < -0.4 is 10.9 Å². The van der Waals surface area contributed by atoms with Crippen LogP contribution in [-0.2, 0) is 0 Å². The van der Waals surface area contributed by atoms with E-state index in [1.54, 1.807) is 4.57 Å². The van der Waals surface area contributed by atoms with Crippen molar-refractivity contribution in [3.05, 3.63) is 33.7 Å². The van der Waals surface area contributed by atoms with Gasteiger partial charge in [-0.3, -0.25) is 9.59 Å². The highest BCUT2D eigenvalue weighted by Gasteiger charge is 2.24. The zero-order valence-corrected chi connectivity index (χ0v) is 17.6. The van der Waals surface area contributed by atoms with Crippen molar-refractivity contribution in [1.29, 1.82) is 0 Å². The Labute approximate surface area is 168 Å². The van der Waals surface area contributed by atoms with Crippen LogP contribution in [0, 0.1) is 6.92 Å². The second-order valence-electron chi connectivity index (χ2n) is 8.21. The van der Waals surface area contributed by atoms with Crippen LogP contribution in [0.2, 0.25) is 0 Å². The highest BCUT2D eigenvalue weighted by molar-refractivity contribution is 5.95. The molecule has 2 saturated heterocycles. The number of hydrogen-bond donors (Lipinski definition) is 1. The molecule has 6 heteroatoms. The van der Waals surface area contributed by atoms with E-state index in [1.807, 2.05) is 31.0 Å². The minimum Gasteiger partial charge on any atom is -0.337 e. The fraction of sp³-hybridized carbons (Fsp3) is 0.727. The molecule has 3 heterocycles. The predicted octanol–water partition coefficient (Wildman–Crippen LogP) is 2.42. The molecule has 2 aliphatic rings. The number of nitrogens with zero attached hydrogens (tertiary/aromatic N) is 3. The number of aryl methyl sites for hydroxylation is 1. The number of rotatable bonds is 6. The molecule has 1 aromatic heterocycles. The van der Waals surface area contributed by atoms with Crippen molar-refractivity contribution in [2.75, 3.05) is 45.8 Å². The maximum absolute atomic E-state index is 13.3. The summed E-state index contributed by atoms with van der Waals surface area (Å²) in [5, 5.41) is 3.34. The quantitative estimate of drug-likeness (QED) is 0.813. The van der Waals surface area contributed by atoms with Crippen LogP contribution in [0.3, 0.4) is 0 Å². The molecule has 0 bridgehead atoms. The maximum atomic E-state index is 13.3. The van der Waals surface area contributed by atoms with Crippen molar-refractivity contribution in [3.8, 4) is 0 Å². The smallest absolute Gasteiger partial charge is 0.263 e. The van der Waals surface area contributed by atoms with Gasteiger partial charge in [-0.25, -0.2) is 0 Å². The molecule has 0 radical (unpaired) electrons. The molecule has 1 amide bonds. The monoisotopic (exact) mass is 388 g/mol. The second kappa shape index (κ2) is 10.2. The summed E-state index contributed by atoms with van der Waals surface area (Å²) in [5.41, 5.74) is 1.03. The summed E-state index contributed by atoms with van der Waals surface area (Å²) in [6, 6.07) is 2.12. The molecule has 6 nitrogen and oxygen atoms in total. The average Bonchev–Trinajstić information content (AvgIpc) is 2.98. The molecule has 156 valence electrons. The standard InChI is InChI=1S/C22H36N4O2/c1-3-25(17-16-24-13-6-4-5-7-14-24)21(27)20-18(2)10-15-26(22(20)28)19-8-11-23-12-9-19/h10,15,19,23H,3-9,11-14,16-17H2,1-2H3. The van der Waals surface area contributed by atoms with Crippen LogP contribution in [0.25, 0.3) is 0 Å². The van der Waals surface area contributed by atoms with Gasteiger partial charge >= 0.3 is 0 Å². The Morgan fingerprint density at radius 1 is 1.18 bits per heavy atom. The number of nitrogens with one attached hydrogen (secondary N) is 1. The molecule has 3 rings (SSSR count). The summed E-state index contributed by atoms with van der Waals surface area (Å²) < 4.78 is 1.80. The van der Waals surface area contributed by atoms with E-state index in [0.29, 0.717) is 18.7 Å². The summed E-state index contributed by atoms with van der Waals surface area (Å²) in [6.45, 7) is 10.2. The third-order valence-corrected chi connectivity index (χ3v) is 6.30. The van der Waals surface area contributed by atoms with E-state index < -0.39 is 0 Å². The molecule has 0 saturated carbocycles. The van der Waals surface area contributed by atoms with Crippen LogP contribution in [0.4, 0.5) is 0 Å². The van der Waals surface area contributed by atoms with Gasteiger partial charge in [-0.15, -0.1) is 0 Å². The van der Waals surface area contributed by atoms with E-state index in [4.69, 9.17) is 0 Å². The van der Waals surface area contributed by atoms with Gasteiger partial charge in [0.05, 0.1) is 0 Å².